The van der Waals surface area contributed by atoms with Crippen LogP contribution in [0.5, 0.6) is 11.5 Å². The summed E-state index contributed by atoms with van der Waals surface area (Å²) in [5.74, 6) is 2.00. The van der Waals surface area contributed by atoms with E-state index in [0.717, 1.165) is 17.9 Å². The lowest BCUT2D eigenvalue weighted by molar-refractivity contribution is 0.284. The second-order valence-electron chi connectivity index (χ2n) is 4.35. The van der Waals surface area contributed by atoms with Crippen molar-refractivity contribution in [3.63, 3.8) is 0 Å². The third-order valence-corrected chi connectivity index (χ3v) is 2.87. The number of nitrogens with one attached hydrogen (secondary N) is 1. The van der Waals surface area contributed by atoms with Crippen LogP contribution in [0.2, 0.25) is 0 Å². The van der Waals surface area contributed by atoms with E-state index in [-0.39, 0.29) is 0 Å². The number of methoxy groups -OCH3 is 1. The van der Waals surface area contributed by atoms with Crippen LogP contribution in [0, 0.1) is 11.3 Å². The van der Waals surface area contributed by atoms with Crippen LogP contribution in [0.1, 0.15) is 18.1 Å². The van der Waals surface area contributed by atoms with E-state index in [1.807, 2.05) is 19.1 Å². The van der Waals surface area contributed by atoms with Crippen LogP contribution >= 0.6 is 0 Å². The molecule has 21 heavy (non-hydrogen) atoms. The van der Waals surface area contributed by atoms with Gasteiger partial charge in [-0.25, -0.2) is 4.98 Å². The zero-order valence-corrected chi connectivity index (χ0v) is 12.1. The first kappa shape index (κ1) is 14.7. The highest BCUT2D eigenvalue weighted by molar-refractivity contribution is 5.46. The van der Waals surface area contributed by atoms with Gasteiger partial charge >= 0.3 is 0 Å². The zero-order valence-electron chi connectivity index (χ0n) is 12.1. The lowest BCUT2D eigenvalue weighted by Gasteiger charge is -2.11. The number of hydrogen-bond donors (Lipinski definition) is 1. The van der Waals surface area contributed by atoms with Crippen molar-refractivity contribution in [2.75, 3.05) is 19.0 Å². The van der Waals surface area contributed by atoms with E-state index < -0.39 is 0 Å². The quantitative estimate of drug-likeness (QED) is 0.882. The van der Waals surface area contributed by atoms with E-state index in [1.165, 1.54) is 0 Å². The molecule has 2 rings (SSSR count). The highest BCUT2D eigenvalue weighted by atomic mass is 16.5. The molecular weight excluding hydrogens is 266 g/mol. The molecule has 108 valence electrons. The van der Waals surface area contributed by atoms with Crippen molar-refractivity contribution in [1.82, 2.24) is 4.98 Å². The van der Waals surface area contributed by atoms with Gasteiger partial charge in [0.2, 0.25) is 0 Å². The highest BCUT2D eigenvalue weighted by Gasteiger charge is 2.06. The Morgan fingerprint density at radius 3 is 2.71 bits per heavy atom. The van der Waals surface area contributed by atoms with Crippen LogP contribution in [0.25, 0.3) is 0 Å². The van der Waals surface area contributed by atoms with Crippen molar-refractivity contribution in [2.45, 2.75) is 13.5 Å². The van der Waals surface area contributed by atoms with Crippen LogP contribution in [0.3, 0.4) is 0 Å². The molecule has 0 saturated carbocycles. The van der Waals surface area contributed by atoms with Crippen molar-refractivity contribution in [1.29, 1.82) is 5.26 Å². The molecule has 0 radical (unpaired) electrons. The first-order valence-electron chi connectivity index (χ1n) is 6.66. The van der Waals surface area contributed by atoms with E-state index in [9.17, 15) is 0 Å². The molecule has 1 N–H and O–H groups in total. The van der Waals surface area contributed by atoms with Gasteiger partial charge in [0.15, 0.2) is 11.5 Å². The Hall–Kier alpha value is -2.74. The summed E-state index contributed by atoms with van der Waals surface area (Å²) >= 11 is 0. The predicted molar refractivity (Wildman–Crippen MR) is 80.4 cm³/mol. The Labute approximate surface area is 124 Å². The van der Waals surface area contributed by atoms with Gasteiger partial charge in [-0.1, -0.05) is 6.07 Å². The molecule has 0 aliphatic rings. The average Bonchev–Trinajstić information content (AvgIpc) is 2.54. The molecule has 1 aromatic carbocycles. The minimum atomic E-state index is 0.391. The number of ether oxygens (including phenoxy) is 2. The molecule has 1 heterocycles. The molecule has 0 bridgehead atoms. The topological polar surface area (TPSA) is 67.2 Å². The maximum atomic E-state index is 8.87. The van der Waals surface area contributed by atoms with E-state index in [4.69, 9.17) is 14.7 Å². The average molecular weight is 283 g/mol. The van der Waals surface area contributed by atoms with E-state index in [0.29, 0.717) is 23.7 Å². The Kier molecular flexibility index (Phi) is 4.99. The monoisotopic (exact) mass is 283 g/mol. The van der Waals surface area contributed by atoms with Crippen LogP contribution < -0.4 is 14.8 Å². The molecule has 0 atom stereocenters. The van der Waals surface area contributed by atoms with Gasteiger partial charge < -0.3 is 14.8 Å². The Bertz CT molecular complexity index is 633. The van der Waals surface area contributed by atoms with Gasteiger partial charge in [-0.3, -0.25) is 0 Å². The fraction of sp³-hybridized carbons (Fsp3) is 0.250. The smallest absolute Gasteiger partial charge is 0.162 e. The number of pyridine rings is 1. The van der Waals surface area contributed by atoms with Gasteiger partial charge in [0.25, 0.3) is 0 Å². The standard InChI is InChI=1S/C16H17N3O2/c1-3-18-16-7-5-13(10-19-16)11-21-14-6-4-12(9-17)8-15(14)20-2/h4-8,10H,3,11H2,1-2H3,(H,18,19). The summed E-state index contributed by atoms with van der Waals surface area (Å²) in [5, 5.41) is 12.0. The number of anilines is 1. The Morgan fingerprint density at radius 2 is 2.10 bits per heavy atom. The molecule has 0 aliphatic carbocycles. The molecule has 1 aromatic heterocycles. The minimum absolute atomic E-state index is 0.391. The molecule has 0 spiro atoms. The normalized spacial score (nSPS) is 9.76. The third-order valence-electron chi connectivity index (χ3n) is 2.87. The maximum Gasteiger partial charge on any atom is 0.162 e. The molecule has 0 unspecified atom stereocenters. The van der Waals surface area contributed by atoms with Crippen LogP contribution in [-0.4, -0.2) is 18.6 Å². The van der Waals surface area contributed by atoms with Crippen LogP contribution in [0.15, 0.2) is 36.5 Å². The number of rotatable bonds is 6. The van der Waals surface area contributed by atoms with Crippen LogP contribution in [0.4, 0.5) is 5.82 Å². The highest BCUT2D eigenvalue weighted by Crippen LogP contribution is 2.28. The van der Waals surface area contributed by atoms with Gasteiger partial charge in [0.05, 0.1) is 18.7 Å². The summed E-state index contributed by atoms with van der Waals surface area (Å²) < 4.78 is 10.9. The van der Waals surface area contributed by atoms with Gasteiger partial charge in [-0.15, -0.1) is 0 Å². The first-order chi connectivity index (χ1) is 10.3. The van der Waals surface area contributed by atoms with E-state index in [1.54, 1.807) is 31.5 Å². The predicted octanol–water partition coefficient (Wildman–Crippen LogP) is 2.97. The lowest BCUT2D eigenvalue weighted by Crippen LogP contribution is -2.01. The molecule has 2 aromatic rings. The fourth-order valence-electron chi connectivity index (χ4n) is 1.81. The molecule has 0 fully saturated rings. The van der Waals surface area contributed by atoms with Crippen molar-refractivity contribution in [3.8, 4) is 17.6 Å². The van der Waals surface area contributed by atoms with Crippen LogP contribution in [-0.2, 0) is 6.61 Å². The number of aromatic nitrogens is 1. The van der Waals surface area contributed by atoms with Crippen molar-refractivity contribution in [2.24, 2.45) is 0 Å². The number of nitrogens with zero attached hydrogens (tertiary/aromatic N) is 2. The first-order valence-corrected chi connectivity index (χ1v) is 6.66. The minimum Gasteiger partial charge on any atom is -0.493 e. The molecule has 5 heteroatoms. The molecule has 0 saturated heterocycles. The Balaban J connectivity index is 2.04. The van der Waals surface area contributed by atoms with Crippen molar-refractivity contribution in [3.05, 3.63) is 47.7 Å². The maximum absolute atomic E-state index is 8.87. The molecule has 0 aliphatic heterocycles. The zero-order chi connectivity index (χ0) is 15.1. The second-order valence-corrected chi connectivity index (χ2v) is 4.35. The van der Waals surface area contributed by atoms with E-state index >= 15 is 0 Å². The summed E-state index contributed by atoms with van der Waals surface area (Å²) in [6.45, 7) is 3.25. The number of nitriles is 1. The Morgan fingerprint density at radius 1 is 1.24 bits per heavy atom. The van der Waals surface area contributed by atoms with Crippen molar-refractivity contribution >= 4 is 5.82 Å². The summed E-state index contributed by atoms with van der Waals surface area (Å²) in [6, 6.07) is 11.0. The summed E-state index contributed by atoms with van der Waals surface area (Å²) in [7, 11) is 1.55. The number of benzene rings is 1. The van der Waals surface area contributed by atoms with Gasteiger partial charge in [0, 0.05) is 24.4 Å². The third kappa shape index (κ3) is 3.86. The molecule has 5 nitrogen and oxygen atoms in total. The summed E-state index contributed by atoms with van der Waals surface area (Å²) in [6.07, 6.45) is 1.77. The fourth-order valence-corrected chi connectivity index (χ4v) is 1.81. The molecule has 0 amide bonds. The summed E-state index contributed by atoms with van der Waals surface area (Å²) in [4.78, 5) is 4.29. The van der Waals surface area contributed by atoms with Gasteiger partial charge in [-0.05, 0) is 25.1 Å². The van der Waals surface area contributed by atoms with Gasteiger partial charge in [0.1, 0.15) is 12.4 Å². The second kappa shape index (κ2) is 7.15. The SMILES string of the molecule is CCNc1ccc(COc2ccc(C#N)cc2OC)cn1. The van der Waals surface area contributed by atoms with Gasteiger partial charge in [-0.2, -0.15) is 5.26 Å². The number of hydrogen-bond acceptors (Lipinski definition) is 5. The summed E-state index contributed by atoms with van der Waals surface area (Å²) in [5.41, 5.74) is 1.50. The largest absolute Gasteiger partial charge is 0.493 e. The molecular formula is C16H17N3O2. The van der Waals surface area contributed by atoms with Crippen molar-refractivity contribution < 1.29 is 9.47 Å². The lowest BCUT2D eigenvalue weighted by atomic mass is 10.2. The van der Waals surface area contributed by atoms with E-state index in [2.05, 4.69) is 16.4 Å².